The number of hydrogen-bond acceptors (Lipinski definition) is 4. The maximum Gasteiger partial charge on any atom is 0.0821 e. The zero-order valence-electron chi connectivity index (χ0n) is 21.7. The van der Waals surface area contributed by atoms with Crippen LogP contribution in [0.4, 0.5) is 5.69 Å². The van der Waals surface area contributed by atoms with Crippen LogP contribution in [0.5, 0.6) is 0 Å². The van der Waals surface area contributed by atoms with Crippen LogP contribution >= 0.6 is 34.5 Å². The summed E-state index contributed by atoms with van der Waals surface area (Å²) in [6.07, 6.45) is 6.13. The van der Waals surface area contributed by atoms with E-state index < -0.39 is 0 Å². The molecule has 2 fully saturated rings. The fraction of sp³-hybridized carbons (Fsp3) is 0.452. The van der Waals surface area contributed by atoms with E-state index in [1.54, 1.807) is 11.3 Å². The molecule has 3 aromatic rings. The highest BCUT2D eigenvalue weighted by atomic mass is 35.5. The Labute approximate surface area is 236 Å². The summed E-state index contributed by atoms with van der Waals surface area (Å²) in [5.41, 5.74) is 4.60. The van der Waals surface area contributed by atoms with Gasteiger partial charge in [0.25, 0.3) is 0 Å². The number of thiophene rings is 1. The summed E-state index contributed by atoms with van der Waals surface area (Å²) in [4.78, 5) is 5.09. The number of hydrogen-bond donors (Lipinski definition) is 0. The van der Waals surface area contributed by atoms with Gasteiger partial charge < -0.3 is 14.5 Å². The van der Waals surface area contributed by atoms with Crippen molar-refractivity contribution in [2.75, 3.05) is 44.7 Å². The van der Waals surface area contributed by atoms with Crippen molar-refractivity contribution in [1.29, 1.82) is 0 Å². The second-order valence-electron chi connectivity index (χ2n) is 10.8. The van der Waals surface area contributed by atoms with E-state index in [2.05, 4.69) is 63.9 Å². The topological polar surface area (TPSA) is 15.7 Å². The molecule has 0 bridgehead atoms. The van der Waals surface area contributed by atoms with Crippen molar-refractivity contribution >= 4 is 40.2 Å². The lowest BCUT2D eigenvalue weighted by Gasteiger charge is -2.39. The van der Waals surface area contributed by atoms with E-state index in [9.17, 15) is 0 Å². The zero-order chi connectivity index (χ0) is 25.8. The summed E-state index contributed by atoms with van der Waals surface area (Å²) in [6, 6.07) is 16.8. The third-order valence-corrected chi connectivity index (χ3v) is 9.89. The number of piperidine rings is 1. The maximum atomic E-state index is 6.70. The quantitative estimate of drug-likeness (QED) is 0.264. The van der Waals surface area contributed by atoms with Crippen LogP contribution in [0.25, 0.3) is 0 Å². The van der Waals surface area contributed by atoms with Gasteiger partial charge in [0.05, 0.1) is 21.8 Å². The van der Waals surface area contributed by atoms with Gasteiger partial charge in [-0.1, -0.05) is 59.6 Å². The molecule has 5 rings (SSSR count). The lowest BCUT2D eigenvalue weighted by atomic mass is 9.79. The van der Waals surface area contributed by atoms with E-state index in [0.717, 1.165) is 62.7 Å². The second kappa shape index (κ2) is 12.1. The smallest absolute Gasteiger partial charge is 0.0821 e. The predicted molar refractivity (Wildman–Crippen MR) is 158 cm³/mol. The molecule has 1 aromatic heterocycles. The zero-order valence-corrected chi connectivity index (χ0v) is 24.0. The molecule has 2 aliphatic rings. The van der Waals surface area contributed by atoms with E-state index in [-0.39, 0.29) is 11.5 Å². The number of nitrogens with zero attached hydrogens (tertiary/aromatic N) is 2. The fourth-order valence-corrected chi connectivity index (χ4v) is 7.68. The van der Waals surface area contributed by atoms with Crippen molar-refractivity contribution in [3.05, 3.63) is 93.0 Å². The van der Waals surface area contributed by atoms with Crippen molar-refractivity contribution in [3.63, 3.8) is 0 Å². The van der Waals surface area contributed by atoms with Crippen molar-refractivity contribution in [2.45, 2.75) is 43.6 Å². The average molecular weight is 557 g/mol. The molecule has 0 aliphatic carbocycles. The van der Waals surface area contributed by atoms with E-state index in [0.29, 0.717) is 10.0 Å². The van der Waals surface area contributed by atoms with E-state index in [1.807, 2.05) is 19.2 Å². The molecule has 2 atom stereocenters. The molecule has 0 saturated carbocycles. The number of ether oxygens (including phenoxy) is 1. The lowest BCUT2D eigenvalue weighted by Crippen LogP contribution is -2.46. The first kappa shape index (κ1) is 27.0. The van der Waals surface area contributed by atoms with Crippen LogP contribution in [-0.4, -0.2) is 44.7 Å². The molecule has 197 valence electrons. The minimum Gasteiger partial charge on any atom is -0.377 e. The van der Waals surface area contributed by atoms with Crippen LogP contribution < -0.4 is 4.90 Å². The van der Waals surface area contributed by atoms with Gasteiger partial charge in [0.1, 0.15) is 0 Å². The van der Waals surface area contributed by atoms with Gasteiger partial charge in [0.2, 0.25) is 0 Å². The first-order valence-electron chi connectivity index (χ1n) is 13.4. The number of benzene rings is 2. The number of anilines is 1. The standard InChI is InChI=1S/C31H37Cl2N2OS/c1-23-8-10-27(32)30(29(23)33)35-18-15-31(22-35,26-14-19-37-20-26)21-34-16-12-24(13-17-34)9-11-28(36-2)25-6-4-3-5-7-25/h3-8,10,14,19-20,24,28H,1,9,11-13,15-18,21-22H2,2H3/t28-,31-/m0/s1. The van der Waals surface area contributed by atoms with Crippen LogP contribution in [0.1, 0.15) is 54.9 Å². The summed E-state index contributed by atoms with van der Waals surface area (Å²) >= 11 is 15.1. The van der Waals surface area contributed by atoms with Crippen LogP contribution in [-0.2, 0) is 10.2 Å². The van der Waals surface area contributed by atoms with Crippen molar-refractivity contribution in [2.24, 2.45) is 5.92 Å². The van der Waals surface area contributed by atoms with E-state index >= 15 is 0 Å². The van der Waals surface area contributed by atoms with Crippen molar-refractivity contribution in [3.8, 4) is 0 Å². The van der Waals surface area contributed by atoms with Crippen LogP contribution in [0, 0.1) is 12.8 Å². The SMILES string of the molecule is [CH2]c1ccc(Cl)c(N2CC[C@@](CN3CCC(CC[C@H](OC)c4ccccc4)CC3)(c3ccsc3)C2)c1Cl. The highest BCUT2D eigenvalue weighted by molar-refractivity contribution is 7.08. The van der Waals surface area contributed by atoms with Gasteiger partial charge in [-0.05, 0) is 97.6 Å². The molecule has 1 radical (unpaired) electrons. The van der Waals surface area contributed by atoms with E-state index in [4.69, 9.17) is 27.9 Å². The average Bonchev–Trinajstić information content (AvgIpc) is 3.60. The molecule has 2 aromatic carbocycles. The molecule has 0 amide bonds. The minimum atomic E-state index is 0.0884. The molecule has 2 aliphatic heterocycles. The first-order valence-corrected chi connectivity index (χ1v) is 15.1. The van der Waals surface area contributed by atoms with Gasteiger partial charge in [-0.2, -0.15) is 11.3 Å². The maximum absolute atomic E-state index is 6.70. The molecule has 37 heavy (non-hydrogen) atoms. The highest BCUT2D eigenvalue weighted by Crippen LogP contribution is 2.44. The minimum absolute atomic E-state index is 0.0884. The largest absolute Gasteiger partial charge is 0.377 e. The highest BCUT2D eigenvalue weighted by Gasteiger charge is 2.42. The summed E-state index contributed by atoms with van der Waals surface area (Å²) < 4.78 is 5.83. The normalized spacial score (nSPS) is 22.0. The van der Waals surface area contributed by atoms with Crippen LogP contribution in [0.15, 0.2) is 59.3 Å². The molecular formula is C31H37Cl2N2OS. The number of halogens is 2. The summed E-state index contributed by atoms with van der Waals surface area (Å²) in [7, 11) is 1.84. The fourth-order valence-electron chi connectivity index (χ4n) is 6.29. The monoisotopic (exact) mass is 555 g/mol. The molecule has 6 heteroatoms. The Bertz CT molecular complexity index is 1150. The van der Waals surface area contributed by atoms with Crippen LogP contribution in [0.3, 0.4) is 0 Å². The van der Waals surface area contributed by atoms with Gasteiger partial charge >= 0.3 is 0 Å². The molecular weight excluding hydrogens is 519 g/mol. The van der Waals surface area contributed by atoms with Gasteiger partial charge in [0, 0.05) is 32.2 Å². The summed E-state index contributed by atoms with van der Waals surface area (Å²) in [6.45, 7) is 9.38. The Hall–Kier alpha value is -1.56. The molecule has 0 spiro atoms. The Kier molecular flexibility index (Phi) is 8.83. The van der Waals surface area contributed by atoms with Crippen LogP contribution in [0.2, 0.25) is 10.0 Å². The number of rotatable bonds is 9. The Morgan fingerprint density at radius 3 is 2.57 bits per heavy atom. The molecule has 0 unspecified atom stereocenters. The summed E-state index contributed by atoms with van der Waals surface area (Å²) in [5.74, 6) is 0.771. The second-order valence-corrected chi connectivity index (χ2v) is 12.3. The number of likely N-dealkylation sites (tertiary alicyclic amines) is 1. The van der Waals surface area contributed by atoms with Gasteiger partial charge in [-0.15, -0.1) is 0 Å². The lowest BCUT2D eigenvalue weighted by molar-refractivity contribution is 0.0808. The Morgan fingerprint density at radius 1 is 1.08 bits per heavy atom. The molecule has 2 saturated heterocycles. The van der Waals surface area contributed by atoms with Crippen molar-refractivity contribution < 1.29 is 4.74 Å². The summed E-state index contributed by atoms with van der Waals surface area (Å²) in [5, 5.41) is 5.94. The van der Waals surface area contributed by atoms with Gasteiger partial charge in [-0.3, -0.25) is 0 Å². The predicted octanol–water partition coefficient (Wildman–Crippen LogP) is 8.27. The molecule has 0 N–H and O–H groups in total. The van der Waals surface area contributed by atoms with Gasteiger partial charge in [0.15, 0.2) is 0 Å². The molecule has 3 heterocycles. The van der Waals surface area contributed by atoms with Gasteiger partial charge in [-0.25, -0.2) is 0 Å². The Morgan fingerprint density at radius 2 is 1.86 bits per heavy atom. The van der Waals surface area contributed by atoms with Crippen molar-refractivity contribution in [1.82, 2.24) is 4.90 Å². The molecule has 3 nitrogen and oxygen atoms in total. The third kappa shape index (κ3) is 6.04. The third-order valence-electron chi connectivity index (χ3n) is 8.48. The van der Waals surface area contributed by atoms with E-state index in [1.165, 1.54) is 30.4 Å². The number of methoxy groups -OCH3 is 1. The Balaban J connectivity index is 1.22. The first-order chi connectivity index (χ1) is 18.0.